The number of nitrogens with one attached hydrogen (secondary N) is 1. The molecule has 1 N–H and O–H groups in total. The Labute approximate surface area is 163 Å². The summed E-state index contributed by atoms with van der Waals surface area (Å²) < 4.78 is 2.04. The fraction of sp³-hybridized carbons (Fsp3) is 0.300. The molecule has 0 atom stereocenters. The number of anilines is 1. The van der Waals surface area contributed by atoms with E-state index in [9.17, 15) is 0 Å². The van der Waals surface area contributed by atoms with Crippen LogP contribution in [0.25, 0.3) is 5.69 Å². The van der Waals surface area contributed by atoms with Crippen molar-refractivity contribution in [2.75, 3.05) is 38.1 Å². The van der Waals surface area contributed by atoms with E-state index in [2.05, 4.69) is 66.9 Å². The molecule has 6 nitrogen and oxygen atoms in total. The van der Waals surface area contributed by atoms with Crippen LogP contribution in [0.1, 0.15) is 5.56 Å². The van der Waals surface area contributed by atoms with Crippen LogP contribution in [0.5, 0.6) is 0 Å². The Kier molecular flexibility index (Phi) is 5.39. The maximum Gasteiger partial charge on any atom is 0.194 e. The summed E-state index contributed by atoms with van der Waals surface area (Å²) >= 11 is 1.81. The highest BCUT2D eigenvalue weighted by Crippen LogP contribution is 2.22. The van der Waals surface area contributed by atoms with E-state index in [0.29, 0.717) is 0 Å². The molecule has 1 saturated heterocycles. The number of thiophene rings is 1. The second kappa shape index (κ2) is 8.26. The summed E-state index contributed by atoms with van der Waals surface area (Å²) in [7, 11) is 1.86. The lowest BCUT2D eigenvalue weighted by Crippen LogP contribution is -2.52. The van der Waals surface area contributed by atoms with Crippen molar-refractivity contribution in [3.05, 3.63) is 66.1 Å². The van der Waals surface area contributed by atoms with E-state index in [1.54, 1.807) is 17.5 Å². The lowest BCUT2D eigenvalue weighted by Gasteiger charge is -2.37. The highest BCUT2D eigenvalue weighted by Gasteiger charge is 2.20. The SMILES string of the molecule is CN=C(NCc1ccccc1-n1ccnc1)N1CCN(c2cccs2)CC1. The molecule has 3 heterocycles. The predicted octanol–water partition coefficient (Wildman–Crippen LogP) is 2.83. The van der Waals surface area contributed by atoms with Gasteiger partial charge in [0, 0.05) is 52.2 Å². The first-order chi connectivity index (χ1) is 13.3. The third-order valence-corrected chi connectivity index (χ3v) is 5.75. The lowest BCUT2D eigenvalue weighted by atomic mass is 10.1. The third-order valence-electron chi connectivity index (χ3n) is 4.82. The second-order valence-corrected chi connectivity index (χ2v) is 7.35. The maximum absolute atomic E-state index is 4.50. The number of aliphatic imine (C=N–C) groups is 1. The molecule has 2 aromatic heterocycles. The van der Waals surface area contributed by atoms with Crippen LogP contribution in [-0.2, 0) is 6.54 Å². The standard InChI is InChI=1S/C20H24N6S/c1-21-20(25-12-10-24(11-13-25)19-7-4-14-27-19)23-15-17-5-2-3-6-18(17)26-9-8-22-16-26/h2-9,14,16H,10-13,15H2,1H3,(H,21,23). The highest BCUT2D eigenvalue weighted by molar-refractivity contribution is 7.14. The van der Waals surface area contributed by atoms with E-state index >= 15 is 0 Å². The lowest BCUT2D eigenvalue weighted by molar-refractivity contribution is 0.373. The van der Waals surface area contributed by atoms with Crippen LogP contribution in [0.2, 0.25) is 0 Å². The van der Waals surface area contributed by atoms with Crippen molar-refractivity contribution in [1.29, 1.82) is 0 Å². The van der Waals surface area contributed by atoms with E-state index in [4.69, 9.17) is 0 Å². The molecule has 1 aliphatic rings. The molecule has 1 fully saturated rings. The molecule has 0 radical (unpaired) electrons. The molecule has 0 saturated carbocycles. The number of hydrogen-bond acceptors (Lipinski definition) is 4. The van der Waals surface area contributed by atoms with Crippen molar-refractivity contribution in [3.8, 4) is 5.69 Å². The summed E-state index contributed by atoms with van der Waals surface area (Å²) in [4.78, 5) is 13.4. The van der Waals surface area contributed by atoms with Crippen LogP contribution in [0.3, 0.4) is 0 Å². The molecule has 0 unspecified atom stereocenters. The Morgan fingerprint density at radius 1 is 1.15 bits per heavy atom. The molecule has 0 amide bonds. The first-order valence-corrected chi connectivity index (χ1v) is 10.0. The molecule has 140 valence electrons. The molecule has 0 bridgehead atoms. The summed E-state index contributed by atoms with van der Waals surface area (Å²) in [5.74, 6) is 0.960. The van der Waals surface area contributed by atoms with E-state index in [0.717, 1.165) is 44.4 Å². The molecule has 27 heavy (non-hydrogen) atoms. The van der Waals surface area contributed by atoms with Gasteiger partial charge in [-0.3, -0.25) is 4.99 Å². The Morgan fingerprint density at radius 2 is 2.00 bits per heavy atom. The molecular formula is C20H24N6S. The van der Waals surface area contributed by atoms with Crippen molar-refractivity contribution in [3.63, 3.8) is 0 Å². The number of hydrogen-bond donors (Lipinski definition) is 1. The minimum atomic E-state index is 0.728. The number of benzene rings is 1. The molecule has 0 spiro atoms. The van der Waals surface area contributed by atoms with Gasteiger partial charge in [-0.15, -0.1) is 11.3 Å². The van der Waals surface area contributed by atoms with Crippen molar-refractivity contribution in [2.45, 2.75) is 6.54 Å². The van der Waals surface area contributed by atoms with Gasteiger partial charge in [0.05, 0.1) is 17.0 Å². The van der Waals surface area contributed by atoms with Gasteiger partial charge >= 0.3 is 0 Å². The number of guanidine groups is 1. The molecule has 1 aromatic carbocycles. The van der Waals surface area contributed by atoms with Gasteiger partial charge in [0.15, 0.2) is 5.96 Å². The van der Waals surface area contributed by atoms with Gasteiger partial charge in [-0.05, 0) is 29.1 Å². The van der Waals surface area contributed by atoms with Crippen LogP contribution < -0.4 is 10.2 Å². The number of imidazole rings is 1. The second-order valence-electron chi connectivity index (χ2n) is 6.42. The zero-order valence-corrected chi connectivity index (χ0v) is 16.3. The topological polar surface area (TPSA) is 48.7 Å². The average molecular weight is 381 g/mol. The number of piperazine rings is 1. The van der Waals surface area contributed by atoms with Gasteiger partial charge < -0.3 is 19.7 Å². The van der Waals surface area contributed by atoms with Crippen LogP contribution >= 0.6 is 11.3 Å². The zero-order chi connectivity index (χ0) is 18.5. The summed E-state index contributed by atoms with van der Waals surface area (Å²) in [5, 5.41) is 7.03. The Morgan fingerprint density at radius 3 is 2.70 bits per heavy atom. The van der Waals surface area contributed by atoms with E-state index in [-0.39, 0.29) is 0 Å². The number of rotatable bonds is 4. The quantitative estimate of drug-likeness (QED) is 0.559. The summed E-state index contributed by atoms with van der Waals surface area (Å²) in [6.45, 7) is 4.72. The summed E-state index contributed by atoms with van der Waals surface area (Å²) in [6.07, 6.45) is 5.60. The van der Waals surface area contributed by atoms with Crippen molar-refractivity contribution in [1.82, 2.24) is 19.8 Å². The molecule has 7 heteroatoms. The zero-order valence-electron chi connectivity index (χ0n) is 15.5. The van der Waals surface area contributed by atoms with Crippen molar-refractivity contribution >= 4 is 22.3 Å². The van der Waals surface area contributed by atoms with Crippen molar-refractivity contribution < 1.29 is 0 Å². The summed E-state index contributed by atoms with van der Waals surface area (Å²) in [5.41, 5.74) is 2.36. The number of para-hydroxylation sites is 1. The van der Waals surface area contributed by atoms with Crippen LogP contribution in [0, 0.1) is 0 Å². The largest absolute Gasteiger partial charge is 0.360 e. The normalized spacial score (nSPS) is 15.2. The van der Waals surface area contributed by atoms with Crippen LogP contribution in [0.15, 0.2) is 65.5 Å². The van der Waals surface area contributed by atoms with Gasteiger partial charge in [0.25, 0.3) is 0 Å². The molecule has 3 aromatic rings. The van der Waals surface area contributed by atoms with E-state index < -0.39 is 0 Å². The van der Waals surface area contributed by atoms with E-state index in [1.807, 2.05) is 24.1 Å². The number of nitrogens with zero attached hydrogens (tertiary/aromatic N) is 5. The third kappa shape index (κ3) is 3.98. The fourth-order valence-corrected chi connectivity index (χ4v) is 4.19. The van der Waals surface area contributed by atoms with E-state index in [1.165, 1.54) is 10.6 Å². The minimum Gasteiger partial charge on any atom is -0.360 e. The Balaban J connectivity index is 1.38. The first-order valence-electron chi connectivity index (χ1n) is 9.15. The van der Waals surface area contributed by atoms with Crippen molar-refractivity contribution in [2.24, 2.45) is 4.99 Å². The number of aromatic nitrogens is 2. The van der Waals surface area contributed by atoms with Gasteiger partial charge in [-0.1, -0.05) is 18.2 Å². The van der Waals surface area contributed by atoms with Gasteiger partial charge in [-0.25, -0.2) is 4.98 Å². The molecule has 4 rings (SSSR count). The van der Waals surface area contributed by atoms with Crippen LogP contribution in [0.4, 0.5) is 5.00 Å². The average Bonchev–Trinajstić information content (AvgIpc) is 3.43. The van der Waals surface area contributed by atoms with Crippen LogP contribution in [-0.4, -0.2) is 53.6 Å². The smallest absolute Gasteiger partial charge is 0.194 e. The Hall–Kier alpha value is -2.80. The molecule has 0 aliphatic carbocycles. The maximum atomic E-state index is 4.50. The van der Waals surface area contributed by atoms with Gasteiger partial charge in [0.2, 0.25) is 0 Å². The van der Waals surface area contributed by atoms with Gasteiger partial charge in [0.1, 0.15) is 0 Å². The molecular weight excluding hydrogens is 356 g/mol. The minimum absolute atomic E-state index is 0.728. The molecule has 1 aliphatic heterocycles. The van der Waals surface area contributed by atoms with Gasteiger partial charge in [-0.2, -0.15) is 0 Å². The fourth-order valence-electron chi connectivity index (χ4n) is 3.41. The summed E-state index contributed by atoms with van der Waals surface area (Å²) in [6, 6.07) is 12.7. The first kappa shape index (κ1) is 17.6. The Bertz CT molecular complexity index is 864. The highest BCUT2D eigenvalue weighted by atomic mass is 32.1. The predicted molar refractivity (Wildman–Crippen MR) is 112 cm³/mol. The monoisotopic (exact) mass is 380 g/mol.